The Morgan fingerprint density at radius 3 is 2.62 bits per heavy atom. The molecule has 7 heteroatoms. The molecular formula is C22H30N4O3. The number of aromatic nitrogens is 2. The van der Waals surface area contributed by atoms with E-state index in [1.54, 1.807) is 4.90 Å². The van der Waals surface area contributed by atoms with E-state index in [4.69, 9.17) is 9.72 Å². The minimum Gasteiger partial charge on any atom is -0.450 e. The summed E-state index contributed by atoms with van der Waals surface area (Å²) in [7, 11) is 0. The second kappa shape index (κ2) is 8.84. The molecule has 2 amide bonds. The van der Waals surface area contributed by atoms with E-state index in [2.05, 4.69) is 9.72 Å². The molecule has 1 aliphatic carbocycles. The number of nitrogens with one attached hydrogen (secondary N) is 1. The maximum atomic E-state index is 13.0. The van der Waals surface area contributed by atoms with Crippen LogP contribution in [-0.4, -0.2) is 52.0 Å². The van der Waals surface area contributed by atoms with Gasteiger partial charge in [-0.15, -0.1) is 0 Å². The van der Waals surface area contributed by atoms with Gasteiger partial charge in [-0.1, -0.05) is 25.3 Å². The predicted molar refractivity (Wildman–Crippen MR) is 110 cm³/mol. The molecule has 1 N–H and O–H groups in total. The average Bonchev–Trinajstić information content (AvgIpc) is 3.15. The fourth-order valence-corrected chi connectivity index (χ4v) is 4.55. The number of piperidine rings is 1. The smallest absolute Gasteiger partial charge is 0.409 e. The molecule has 0 radical (unpaired) electrons. The van der Waals surface area contributed by atoms with Crippen LogP contribution in [0, 0.1) is 0 Å². The molecule has 7 nitrogen and oxygen atoms in total. The van der Waals surface area contributed by atoms with Gasteiger partial charge in [-0.25, -0.2) is 9.78 Å². The maximum absolute atomic E-state index is 13.0. The zero-order valence-corrected chi connectivity index (χ0v) is 17.1. The minimum atomic E-state index is -0.269. The highest BCUT2D eigenvalue weighted by molar-refractivity contribution is 5.99. The van der Waals surface area contributed by atoms with Gasteiger partial charge in [0.15, 0.2) is 5.69 Å². The zero-order valence-electron chi connectivity index (χ0n) is 17.1. The van der Waals surface area contributed by atoms with Gasteiger partial charge in [-0.2, -0.15) is 0 Å². The third-order valence-electron chi connectivity index (χ3n) is 6.12. The van der Waals surface area contributed by atoms with E-state index in [1.807, 2.05) is 31.3 Å². The van der Waals surface area contributed by atoms with Crippen LogP contribution in [0.25, 0.3) is 5.52 Å². The highest BCUT2D eigenvalue weighted by Crippen LogP contribution is 2.33. The number of fused-ring (bicyclic) bond motifs is 1. The molecule has 1 aliphatic heterocycles. The molecule has 2 aromatic heterocycles. The normalized spacial score (nSPS) is 18.7. The van der Waals surface area contributed by atoms with E-state index in [-0.39, 0.29) is 18.0 Å². The lowest BCUT2D eigenvalue weighted by Crippen LogP contribution is -2.46. The van der Waals surface area contributed by atoms with Gasteiger partial charge in [-0.05, 0) is 44.7 Å². The van der Waals surface area contributed by atoms with E-state index in [0.717, 1.165) is 37.0 Å². The highest BCUT2D eigenvalue weighted by Gasteiger charge is 2.28. The lowest BCUT2D eigenvalue weighted by molar-refractivity contribution is 0.0858. The van der Waals surface area contributed by atoms with Gasteiger partial charge in [0, 0.05) is 31.2 Å². The molecule has 0 bridgehead atoms. The molecule has 4 rings (SSSR count). The largest absolute Gasteiger partial charge is 0.450 e. The van der Waals surface area contributed by atoms with Crippen LogP contribution in [-0.2, 0) is 4.74 Å². The minimum absolute atomic E-state index is 0.0479. The van der Waals surface area contributed by atoms with Crippen LogP contribution in [0.1, 0.15) is 74.1 Å². The van der Waals surface area contributed by atoms with Gasteiger partial charge in [0.25, 0.3) is 5.91 Å². The number of hydrogen-bond donors (Lipinski definition) is 1. The van der Waals surface area contributed by atoms with E-state index in [0.29, 0.717) is 31.3 Å². The van der Waals surface area contributed by atoms with Crippen molar-refractivity contribution in [1.29, 1.82) is 0 Å². The molecule has 1 saturated heterocycles. The van der Waals surface area contributed by atoms with Crippen LogP contribution in [0.4, 0.5) is 4.79 Å². The number of carbonyl (C=O) groups is 2. The van der Waals surface area contributed by atoms with E-state index >= 15 is 0 Å². The second-order valence-corrected chi connectivity index (χ2v) is 8.04. The Balaban J connectivity index is 1.46. The van der Waals surface area contributed by atoms with Crippen LogP contribution >= 0.6 is 0 Å². The van der Waals surface area contributed by atoms with Crippen LogP contribution in [0.3, 0.4) is 0 Å². The molecule has 1 saturated carbocycles. The Labute approximate surface area is 171 Å². The molecule has 0 spiro atoms. The van der Waals surface area contributed by atoms with E-state index in [9.17, 15) is 9.59 Å². The Hall–Kier alpha value is -2.57. The summed E-state index contributed by atoms with van der Waals surface area (Å²) in [6, 6.07) is 5.97. The molecule has 0 aromatic carbocycles. The van der Waals surface area contributed by atoms with Crippen LogP contribution in [0.2, 0.25) is 0 Å². The first-order valence-electron chi connectivity index (χ1n) is 10.9. The standard InChI is InChI=1S/C22H30N4O3/c1-2-29-22(28)25-14-11-17(12-15-25)23-21(27)19-18-10-6-7-13-26(18)20(24-19)16-8-4-3-5-9-16/h6-7,10,13,16-17H,2-5,8-9,11-12,14-15H2,1H3,(H,23,27). The van der Waals surface area contributed by atoms with Gasteiger partial charge >= 0.3 is 6.09 Å². The van der Waals surface area contributed by atoms with Gasteiger partial charge in [-0.3, -0.25) is 4.79 Å². The summed E-state index contributed by atoms with van der Waals surface area (Å²) in [5.41, 5.74) is 1.38. The average molecular weight is 399 g/mol. The summed E-state index contributed by atoms with van der Waals surface area (Å²) in [5, 5.41) is 3.14. The third kappa shape index (κ3) is 4.23. The van der Waals surface area contributed by atoms with Crippen molar-refractivity contribution >= 4 is 17.5 Å². The quantitative estimate of drug-likeness (QED) is 0.851. The number of rotatable bonds is 4. The molecule has 156 valence electrons. The first-order chi connectivity index (χ1) is 14.2. The van der Waals surface area contributed by atoms with Crippen LogP contribution < -0.4 is 5.32 Å². The number of amides is 2. The fourth-order valence-electron chi connectivity index (χ4n) is 4.55. The predicted octanol–water partition coefficient (Wildman–Crippen LogP) is 3.73. The van der Waals surface area contributed by atoms with Crippen molar-refractivity contribution in [1.82, 2.24) is 19.6 Å². The molecule has 0 unspecified atom stereocenters. The molecule has 2 aliphatic rings. The first kappa shape index (κ1) is 19.7. The van der Waals surface area contributed by atoms with Gasteiger partial charge in [0.05, 0.1) is 12.1 Å². The maximum Gasteiger partial charge on any atom is 0.409 e. The Morgan fingerprint density at radius 1 is 1.14 bits per heavy atom. The molecule has 2 fully saturated rings. The molecule has 0 atom stereocenters. The highest BCUT2D eigenvalue weighted by atomic mass is 16.6. The topological polar surface area (TPSA) is 75.9 Å². The SMILES string of the molecule is CCOC(=O)N1CCC(NC(=O)c2nc(C3CCCCC3)n3ccccc23)CC1. The van der Waals surface area contributed by atoms with E-state index < -0.39 is 0 Å². The van der Waals surface area contributed by atoms with E-state index in [1.165, 1.54) is 19.3 Å². The van der Waals surface area contributed by atoms with Crippen molar-refractivity contribution in [2.75, 3.05) is 19.7 Å². The third-order valence-corrected chi connectivity index (χ3v) is 6.12. The lowest BCUT2D eigenvalue weighted by Gasteiger charge is -2.31. The number of nitrogens with zero attached hydrogens (tertiary/aromatic N) is 3. The number of carbonyl (C=O) groups excluding carboxylic acids is 2. The number of ether oxygens (including phenoxy) is 1. The number of hydrogen-bond acceptors (Lipinski definition) is 4. The summed E-state index contributed by atoms with van der Waals surface area (Å²) in [6.07, 6.45) is 9.23. The van der Waals surface area contributed by atoms with Crippen LogP contribution in [0.5, 0.6) is 0 Å². The van der Waals surface area contributed by atoms with Crippen molar-refractivity contribution in [3.05, 3.63) is 35.9 Å². The Morgan fingerprint density at radius 2 is 1.90 bits per heavy atom. The summed E-state index contributed by atoms with van der Waals surface area (Å²) in [4.78, 5) is 31.4. The molecule has 3 heterocycles. The first-order valence-corrected chi connectivity index (χ1v) is 10.9. The van der Waals surface area contributed by atoms with Gasteiger partial charge in [0.1, 0.15) is 5.82 Å². The molecule has 29 heavy (non-hydrogen) atoms. The summed E-state index contributed by atoms with van der Waals surface area (Å²) < 4.78 is 7.15. The molecular weight excluding hydrogens is 368 g/mol. The second-order valence-electron chi connectivity index (χ2n) is 8.04. The van der Waals surface area contributed by atoms with Crippen LogP contribution in [0.15, 0.2) is 24.4 Å². The fraction of sp³-hybridized carbons (Fsp3) is 0.591. The monoisotopic (exact) mass is 398 g/mol. The van der Waals surface area contributed by atoms with Crippen molar-refractivity contribution in [2.45, 2.75) is 63.8 Å². The Bertz CT molecular complexity index is 864. The van der Waals surface area contributed by atoms with Crippen molar-refractivity contribution in [3.8, 4) is 0 Å². The Kier molecular flexibility index (Phi) is 6.02. The van der Waals surface area contributed by atoms with Crippen molar-refractivity contribution in [3.63, 3.8) is 0 Å². The summed E-state index contributed by atoms with van der Waals surface area (Å²) in [5.74, 6) is 1.32. The summed E-state index contributed by atoms with van der Waals surface area (Å²) >= 11 is 0. The molecule has 2 aromatic rings. The number of likely N-dealkylation sites (tertiary alicyclic amines) is 1. The van der Waals surface area contributed by atoms with Gasteiger partial charge < -0.3 is 19.4 Å². The zero-order chi connectivity index (χ0) is 20.2. The lowest BCUT2D eigenvalue weighted by atomic mass is 9.89. The van der Waals surface area contributed by atoms with Gasteiger partial charge in [0.2, 0.25) is 0 Å². The number of pyridine rings is 1. The summed E-state index contributed by atoms with van der Waals surface area (Å²) in [6.45, 7) is 3.38. The van der Waals surface area contributed by atoms with Crippen molar-refractivity contribution in [2.24, 2.45) is 0 Å². The number of imidazole rings is 1. The van der Waals surface area contributed by atoms with Crippen molar-refractivity contribution < 1.29 is 14.3 Å².